The first-order valence-electron chi connectivity index (χ1n) is 4.35. The Hall–Kier alpha value is -2.48. The summed E-state index contributed by atoms with van der Waals surface area (Å²) >= 11 is 0. The molecule has 0 aliphatic carbocycles. The molecular weight excluding hydrogens is 210 g/mol. The van der Waals surface area contributed by atoms with Gasteiger partial charge >= 0.3 is 0 Å². The molecule has 5 nitrogen and oxygen atoms in total. The molecule has 0 heterocycles. The summed E-state index contributed by atoms with van der Waals surface area (Å²) in [6.45, 7) is 0. The van der Waals surface area contributed by atoms with Crippen molar-refractivity contribution in [3.05, 3.63) is 39.4 Å². The van der Waals surface area contributed by atoms with E-state index in [0.717, 1.165) is 0 Å². The van der Waals surface area contributed by atoms with E-state index in [1.807, 2.05) is 0 Å². The Morgan fingerprint density at radius 2 is 2.12 bits per heavy atom. The molecule has 0 aromatic heterocycles. The van der Waals surface area contributed by atoms with E-state index >= 15 is 0 Å². The van der Waals surface area contributed by atoms with Crippen LogP contribution in [0.25, 0.3) is 0 Å². The van der Waals surface area contributed by atoms with E-state index in [-0.39, 0.29) is 17.7 Å². The average molecular weight is 217 g/mol. The van der Waals surface area contributed by atoms with E-state index in [4.69, 9.17) is 0 Å². The summed E-state index contributed by atoms with van der Waals surface area (Å²) in [4.78, 5) is 30.5. The highest BCUT2D eigenvalue weighted by molar-refractivity contribution is 5.82. The second-order valence-corrected chi connectivity index (χ2v) is 2.82. The average Bonchev–Trinajstić information content (AvgIpc) is 2.29. The molecule has 0 unspecified atom stereocenters. The van der Waals surface area contributed by atoms with Crippen molar-refractivity contribution in [3.63, 3.8) is 0 Å². The minimum Gasteiger partial charge on any atom is -0.302 e. The molecule has 0 spiro atoms. The van der Waals surface area contributed by atoms with E-state index in [2.05, 4.69) is 11.8 Å². The van der Waals surface area contributed by atoms with Crippen LogP contribution in [0.2, 0.25) is 0 Å². The molecule has 80 valence electrons. The molecule has 0 saturated carbocycles. The van der Waals surface area contributed by atoms with Gasteiger partial charge in [-0.25, -0.2) is 0 Å². The van der Waals surface area contributed by atoms with Crippen LogP contribution in [0.5, 0.6) is 0 Å². The summed E-state index contributed by atoms with van der Waals surface area (Å²) in [5.41, 5.74) is 0.188. The standard InChI is InChI=1S/C11H7NO4/c13-6-2-1-3-9-4-5-11(12(15)16)10(7-9)8-14/h4-8H,2H2. The quantitative estimate of drug-likeness (QED) is 0.331. The lowest BCUT2D eigenvalue weighted by atomic mass is 10.1. The molecule has 0 bridgehead atoms. The van der Waals surface area contributed by atoms with E-state index < -0.39 is 4.92 Å². The van der Waals surface area contributed by atoms with Crippen molar-refractivity contribution in [1.29, 1.82) is 0 Å². The van der Waals surface area contributed by atoms with Gasteiger partial charge in [-0.2, -0.15) is 0 Å². The van der Waals surface area contributed by atoms with Crippen molar-refractivity contribution < 1.29 is 14.5 Å². The lowest BCUT2D eigenvalue weighted by molar-refractivity contribution is -0.385. The fraction of sp³-hybridized carbons (Fsp3) is 0.0909. The number of hydrogen-bond donors (Lipinski definition) is 0. The second kappa shape index (κ2) is 5.41. The summed E-state index contributed by atoms with van der Waals surface area (Å²) in [6, 6.07) is 3.97. The zero-order chi connectivity index (χ0) is 12.0. The first kappa shape index (κ1) is 11.6. The number of nitrogens with zero attached hydrogens (tertiary/aromatic N) is 1. The minimum atomic E-state index is -0.633. The Kier molecular flexibility index (Phi) is 3.92. The van der Waals surface area contributed by atoms with Gasteiger partial charge in [0.2, 0.25) is 0 Å². The summed E-state index contributed by atoms with van der Waals surface area (Å²) < 4.78 is 0. The summed E-state index contributed by atoms with van der Waals surface area (Å²) in [5.74, 6) is 5.17. The molecule has 0 radical (unpaired) electrons. The lowest BCUT2D eigenvalue weighted by Crippen LogP contribution is -1.94. The van der Waals surface area contributed by atoms with Crippen LogP contribution in [0.3, 0.4) is 0 Å². The van der Waals surface area contributed by atoms with Gasteiger partial charge in [0.05, 0.1) is 16.9 Å². The molecule has 1 rings (SSSR count). The fourth-order valence-electron chi connectivity index (χ4n) is 1.09. The number of benzene rings is 1. The maximum atomic E-state index is 10.6. The Bertz CT molecular complexity index is 496. The highest BCUT2D eigenvalue weighted by atomic mass is 16.6. The van der Waals surface area contributed by atoms with Crippen LogP contribution >= 0.6 is 0 Å². The summed E-state index contributed by atoms with van der Waals surface area (Å²) in [7, 11) is 0. The second-order valence-electron chi connectivity index (χ2n) is 2.82. The summed E-state index contributed by atoms with van der Waals surface area (Å²) in [6.07, 6.45) is 1.15. The molecule has 0 saturated heterocycles. The van der Waals surface area contributed by atoms with Crippen LogP contribution in [0, 0.1) is 22.0 Å². The van der Waals surface area contributed by atoms with E-state index in [0.29, 0.717) is 18.1 Å². The van der Waals surface area contributed by atoms with Gasteiger partial charge in [0.1, 0.15) is 6.29 Å². The van der Waals surface area contributed by atoms with Crippen LogP contribution in [0.1, 0.15) is 22.3 Å². The zero-order valence-electron chi connectivity index (χ0n) is 8.17. The molecule has 1 aromatic rings. The predicted molar refractivity (Wildman–Crippen MR) is 56.0 cm³/mol. The number of nitro benzene ring substituents is 1. The molecule has 0 N–H and O–H groups in total. The first-order valence-corrected chi connectivity index (χ1v) is 4.35. The number of nitro groups is 1. The fourth-order valence-corrected chi connectivity index (χ4v) is 1.09. The topological polar surface area (TPSA) is 77.3 Å². The molecule has 5 heteroatoms. The smallest absolute Gasteiger partial charge is 0.279 e. The van der Waals surface area contributed by atoms with Crippen molar-refractivity contribution in [2.45, 2.75) is 6.42 Å². The molecule has 0 amide bonds. The number of carbonyl (C=O) groups excluding carboxylic acids is 2. The van der Waals surface area contributed by atoms with Crippen molar-refractivity contribution in [3.8, 4) is 11.8 Å². The predicted octanol–water partition coefficient (Wildman–Crippen LogP) is 1.35. The van der Waals surface area contributed by atoms with Gasteiger partial charge in [0.15, 0.2) is 6.29 Å². The lowest BCUT2D eigenvalue weighted by Gasteiger charge is -1.95. The maximum absolute atomic E-state index is 10.6. The van der Waals surface area contributed by atoms with Crippen LogP contribution < -0.4 is 0 Å². The van der Waals surface area contributed by atoms with Gasteiger partial charge < -0.3 is 4.79 Å². The van der Waals surface area contributed by atoms with E-state index in [9.17, 15) is 19.7 Å². The third-order valence-electron chi connectivity index (χ3n) is 1.77. The third kappa shape index (κ3) is 2.75. The van der Waals surface area contributed by atoms with Crippen LogP contribution in [-0.2, 0) is 4.79 Å². The number of aldehydes is 2. The van der Waals surface area contributed by atoms with Crippen LogP contribution in [0.15, 0.2) is 18.2 Å². The number of hydrogen-bond acceptors (Lipinski definition) is 4. The Balaban J connectivity index is 3.10. The maximum Gasteiger partial charge on any atom is 0.279 e. The largest absolute Gasteiger partial charge is 0.302 e. The normalized spacial score (nSPS) is 8.75. The number of rotatable bonds is 3. The van der Waals surface area contributed by atoms with Gasteiger partial charge in [-0.15, -0.1) is 0 Å². The molecule has 0 aliphatic heterocycles. The molecule has 0 atom stereocenters. The Morgan fingerprint density at radius 1 is 1.38 bits per heavy atom. The van der Waals surface area contributed by atoms with Crippen molar-refractivity contribution in [2.75, 3.05) is 0 Å². The van der Waals surface area contributed by atoms with Gasteiger partial charge in [0, 0.05) is 11.6 Å². The molecule has 16 heavy (non-hydrogen) atoms. The minimum absolute atomic E-state index is 0.0251. The molecule has 1 aromatic carbocycles. The summed E-state index contributed by atoms with van der Waals surface area (Å²) in [5, 5.41) is 10.5. The molecule has 0 aliphatic rings. The van der Waals surface area contributed by atoms with E-state index in [1.165, 1.54) is 18.2 Å². The Morgan fingerprint density at radius 3 is 2.69 bits per heavy atom. The van der Waals surface area contributed by atoms with Crippen molar-refractivity contribution in [2.24, 2.45) is 0 Å². The molecule has 0 fully saturated rings. The van der Waals surface area contributed by atoms with E-state index in [1.54, 1.807) is 0 Å². The number of carbonyl (C=O) groups is 2. The van der Waals surface area contributed by atoms with Crippen LogP contribution in [0.4, 0.5) is 5.69 Å². The van der Waals surface area contributed by atoms with Crippen molar-refractivity contribution in [1.82, 2.24) is 0 Å². The SMILES string of the molecule is O=CCC#Cc1ccc([N+](=O)[O-])c(C=O)c1. The zero-order valence-corrected chi connectivity index (χ0v) is 8.17. The first-order chi connectivity index (χ1) is 7.69. The monoisotopic (exact) mass is 217 g/mol. The third-order valence-corrected chi connectivity index (χ3v) is 1.77. The highest BCUT2D eigenvalue weighted by Crippen LogP contribution is 2.17. The van der Waals surface area contributed by atoms with Gasteiger partial charge in [-0.3, -0.25) is 14.9 Å². The van der Waals surface area contributed by atoms with Crippen LogP contribution in [-0.4, -0.2) is 17.5 Å². The Labute approximate surface area is 91.2 Å². The van der Waals surface area contributed by atoms with Crippen molar-refractivity contribution >= 4 is 18.3 Å². The van der Waals surface area contributed by atoms with Gasteiger partial charge in [-0.05, 0) is 12.1 Å². The van der Waals surface area contributed by atoms with Gasteiger partial charge in [0.25, 0.3) is 5.69 Å². The highest BCUT2D eigenvalue weighted by Gasteiger charge is 2.12. The molecular formula is C11H7NO4. The van der Waals surface area contributed by atoms with Gasteiger partial charge in [-0.1, -0.05) is 11.8 Å².